The van der Waals surface area contributed by atoms with Gasteiger partial charge in [0.05, 0.1) is 24.1 Å². The predicted molar refractivity (Wildman–Crippen MR) is 143 cm³/mol. The van der Waals surface area contributed by atoms with Crippen molar-refractivity contribution in [2.75, 3.05) is 24.2 Å². The van der Waals surface area contributed by atoms with Gasteiger partial charge in [0.2, 0.25) is 5.91 Å². The summed E-state index contributed by atoms with van der Waals surface area (Å²) in [6, 6.07) is 0. The summed E-state index contributed by atoms with van der Waals surface area (Å²) in [5.41, 5.74) is 3.57. The van der Waals surface area contributed by atoms with Gasteiger partial charge in [0.25, 0.3) is 5.91 Å². The van der Waals surface area contributed by atoms with Gasteiger partial charge in [-0.05, 0) is 57.6 Å². The number of hydrogen-bond acceptors (Lipinski definition) is 8. The Bertz CT molecular complexity index is 1260. The molecule has 0 spiro atoms. The highest BCUT2D eigenvalue weighted by molar-refractivity contribution is 8.14. The normalized spacial score (nSPS) is 18.4. The van der Waals surface area contributed by atoms with Gasteiger partial charge in [-0.15, -0.1) is 11.3 Å². The standard InChI is InChI=1S/C25H31N5O4S2/c1-6-30-23(32)18(11-16-12-26-29(5)15(16)4)27-25(30)35-13-20(31)28-22-21(24(33)34-7-2)17-9-8-14(3)10-19(17)36-22/h11-12,14H,6-10,13H2,1-5H3,(H,28,31)/b18-11+. The van der Waals surface area contributed by atoms with Gasteiger partial charge in [-0.1, -0.05) is 18.7 Å². The van der Waals surface area contributed by atoms with Crippen molar-refractivity contribution < 1.29 is 19.1 Å². The topological polar surface area (TPSA) is 106 Å². The summed E-state index contributed by atoms with van der Waals surface area (Å²) in [4.78, 5) is 45.7. The number of thioether (sulfide) groups is 1. The average Bonchev–Trinajstić information content (AvgIpc) is 3.46. The minimum absolute atomic E-state index is 0.0586. The molecule has 36 heavy (non-hydrogen) atoms. The first-order valence-corrected chi connectivity index (χ1v) is 13.9. The molecule has 1 unspecified atom stereocenters. The van der Waals surface area contributed by atoms with E-state index >= 15 is 0 Å². The van der Waals surface area contributed by atoms with Gasteiger partial charge in [0.15, 0.2) is 5.17 Å². The molecule has 0 radical (unpaired) electrons. The van der Waals surface area contributed by atoms with Crippen molar-refractivity contribution in [3.8, 4) is 0 Å². The van der Waals surface area contributed by atoms with Gasteiger partial charge >= 0.3 is 5.97 Å². The fourth-order valence-corrected chi connectivity index (χ4v) is 6.55. The van der Waals surface area contributed by atoms with Crippen LogP contribution in [0, 0.1) is 12.8 Å². The number of hydrogen-bond donors (Lipinski definition) is 1. The largest absolute Gasteiger partial charge is 0.462 e. The van der Waals surface area contributed by atoms with Gasteiger partial charge in [-0.2, -0.15) is 5.10 Å². The molecule has 11 heteroatoms. The number of ether oxygens (including phenoxy) is 1. The zero-order chi connectivity index (χ0) is 26.0. The summed E-state index contributed by atoms with van der Waals surface area (Å²) in [5.74, 6) is -0.252. The molecule has 2 amide bonds. The highest BCUT2D eigenvalue weighted by Gasteiger charge is 2.31. The second-order valence-corrected chi connectivity index (χ2v) is 10.9. The molecule has 1 aliphatic carbocycles. The van der Waals surface area contributed by atoms with E-state index in [0.29, 0.717) is 33.9 Å². The number of esters is 1. The Hall–Kier alpha value is -2.92. The van der Waals surface area contributed by atoms with Crippen molar-refractivity contribution in [2.45, 2.75) is 47.0 Å². The van der Waals surface area contributed by atoms with Crippen molar-refractivity contribution in [1.82, 2.24) is 14.7 Å². The molecule has 192 valence electrons. The maximum atomic E-state index is 12.9. The third-order valence-corrected chi connectivity index (χ3v) is 8.52. The third-order valence-electron chi connectivity index (χ3n) is 6.37. The molecule has 0 fully saturated rings. The number of aliphatic imine (C=N–C) groups is 1. The lowest BCUT2D eigenvalue weighted by atomic mass is 9.88. The summed E-state index contributed by atoms with van der Waals surface area (Å²) >= 11 is 2.66. The zero-order valence-corrected chi connectivity index (χ0v) is 22.8. The minimum atomic E-state index is -0.393. The summed E-state index contributed by atoms with van der Waals surface area (Å²) < 4.78 is 7.03. The third kappa shape index (κ3) is 5.27. The number of rotatable bonds is 7. The quantitative estimate of drug-likeness (QED) is 0.429. The van der Waals surface area contributed by atoms with E-state index in [9.17, 15) is 14.4 Å². The predicted octanol–water partition coefficient (Wildman–Crippen LogP) is 4.02. The lowest BCUT2D eigenvalue weighted by Crippen LogP contribution is -2.31. The number of amides is 2. The second kappa shape index (κ2) is 11.0. The number of nitrogens with zero attached hydrogens (tertiary/aromatic N) is 4. The van der Waals surface area contributed by atoms with Crippen LogP contribution in [0.3, 0.4) is 0 Å². The molecule has 3 heterocycles. The Labute approximate surface area is 219 Å². The molecule has 9 nitrogen and oxygen atoms in total. The van der Waals surface area contributed by atoms with Crippen molar-refractivity contribution in [1.29, 1.82) is 0 Å². The smallest absolute Gasteiger partial charge is 0.341 e. The zero-order valence-electron chi connectivity index (χ0n) is 21.2. The number of nitrogens with one attached hydrogen (secondary N) is 1. The number of amidine groups is 1. The van der Waals surface area contributed by atoms with E-state index in [0.717, 1.165) is 41.0 Å². The SMILES string of the molecule is CCOC(=O)c1c(NC(=O)CSC2=N/C(=C/c3cnn(C)c3C)C(=O)N2CC)sc2c1CCC(C)C2. The van der Waals surface area contributed by atoms with Crippen LogP contribution in [0.25, 0.3) is 6.08 Å². The van der Waals surface area contributed by atoms with Crippen LogP contribution >= 0.6 is 23.1 Å². The fourth-order valence-electron chi connectivity index (χ4n) is 4.27. The average molecular weight is 530 g/mol. The molecule has 1 aliphatic heterocycles. The molecular weight excluding hydrogens is 498 g/mol. The number of aryl methyl sites for hydroxylation is 1. The van der Waals surface area contributed by atoms with Crippen LogP contribution in [-0.4, -0.2) is 56.5 Å². The van der Waals surface area contributed by atoms with Crippen LogP contribution < -0.4 is 5.32 Å². The van der Waals surface area contributed by atoms with Gasteiger partial charge < -0.3 is 10.1 Å². The van der Waals surface area contributed by atoms with Crippen LogP contribution in [0.4, 0.5) is 5.00 Å². The van der Waals surface area contributed by atoms with Gasteiger partial charge in [-0.25, -0.2) is 9.79 Å². The van der Waals surface area contributed by atoms with Gasteiger partial charge in [0.1, 0.15) is 10.7 Å². The molecule has 4 rings (SSSR count). The maximum Gasteiger partial charge on any atom is 0.341 e. The highest BCUT2D eigenvalue weighted by Crippen LogP contribution is 2.40. The number of thiophene rings is 1. The molecule has 2 aliphatic rings. The monoisotopic (exact) mass is 529 g/mol. The Morgan fingerprint density at radius 1 is 1.36 bits per heavy atom. The van der Waals surface area contributed by atoms with Crippen LogP contribution in [0.15, 0.2) is 16.9 Å². The molecule has 0 saturated carbocycles. The number of fused-ring (bicyclic) bond motifs is 1. The summed E-state index contributed by atoms with van der Waals surface area (Å²) in [6.07, 6.45) is 6.13. The number of aromatic nitrogens is 2. The molecule has 2 aromatic heterocycles. The second-order valence-electron chi connectivity index (χ2n) is 8.90. The Morgan fingerprint density at radius 2 is 2.14 bits per heavy atom. The van der Waals surface area contributed by atoms with E-state index in [4.69, 9.17) is 4.74 Å². The van der Waals surface area contributed by atoms with Crippen molar-refractivity contribution >= 4 is 57.1 Å². The summed E-state index contributed by atoms with van der Waals surface area (Å²) in [7, 11) is 1.84. The van der Waals surface area contributed by atoms with Crippen LogP contribution in [0.1, 0.15) is 59.2 Å². The minimum Gasteiger partial charge on any atom is -0.462 e. The van der Waals surface area contributed by atoms with E-state index in [1.54, 1.807) is 28.8 Å². The molecule has 0 aromatic carbocycles. The fraction of sp³-hybridized carbons (Fsp3) is 0.480. The first-order chi connectivity index (χ1) is 17.2. The highest BCUT2D eigenvalue weighted by atomic mass is 32.2. The number of carbonyl (C=O) groups is 3. The van der Waals surface area contributed by atoms with E-state index < -0.39 is 5.97 Å². The van der Waals surface area contributed by atoms with Crippen molar-refractivity contribution in [3.05, 3.63) is 39.2 Å². The van der Waals surface area contributed by atoms with Gasteiger partial charge in [0, 0.05) is 29.7 Å². The lowest BCUT2D eigenvalue weighted by molar-refractivity contribution is -0.122. The molecule has 1 atom stereocenters. The Morgan fingerprint density at radius 3 is 2.81 bits per heavy atom. The van der Waals surface area contributed by atoms with E-state index in [1.165, 1.54) is 23.1 Å². The molecule has 2 aromatic rings. The summed E-state index contributed by atoms with van der Waals surface area (Å²) in [5, 5.41) is 8.16. The Kier molecular flexibility index (Phi) is 7.99. The van der Waals surface area contributed by atoms with Crippen molar-refractivity contribution in [3.63, 3.8) is 0 Å². The number of likely N-dealkylation sites (N-methyl/N-ethyl adjacent to an activating group) is 1. The van der Waals surface area contributed by atoms with E-state index in [-0.39, 0.29) is 24.2 Å². The molecule has 0 bridgehead atoms. The van der Waals surface area contributed by atoms with Crippen LogP contribution in [0.2, 0.25) is 0 Å². The summed E-state index contributed by atoms with van der Waals surface area (Å²) in [6.45, 7) is 8.48. The van der Waals surface area contributed by atoms with E-state index in [1.807, 2.05) is 20.9 Å². The lowest BCUT2D eigenvalue weighted by Gasteiger charge is -2.18. The van der Waals surface area contributed by atoms with Crippen LogP contribution in [-0.2, 0) is 34.2 Å². The number of carbonyl (C=O) groups excluding carboxylic acids is 3. The molecule has 1 N–H and O–H groups in total. The first kappa shape index (κ1) is 26.2. The molecule has 0 saturated heterocycles. The molecular formula is C25H31N5O4S2. The van der Waals surface area contributed by atoms with E-state index in [2.05, 4.69) is 22.3 Å². The first-order valence-electron chi connectivity index (χ1n) is 12.1. The van der Waals surface area contributed by atoms with Gasteiger partial charge in [-0.3, -0.25) is 19.2 Å². The number of anilines is 1. The Balaban J connectivity index is 1.49. The van der Waals surface area contributed by atoms with Crippen LogP contribution in [0.5, 0.6) is 0 Å². The maximum absolute atomic E-state index is 12.9. The van der Waals surface area contributed by atoms with Crippen molar-refractivity contribution in [2.24, 2.45) is 18.0 Å².